The van der Waals surface area contributed by atoms with E-state index in [1.54, 1.807) is 12.1 Å². The van der Waals surface area contributed by atoms with Crippen LogP contribution in [-0.2, 0) is 4.79 Å². The highest BCUT2D eigenvalue weighted by Crippen LogP contribution is 2.31. The van der Waals surface area contributed by atoms with Crippen LogP contribution in [0.2, 0.25) is 0 Å². The lowest BCUT2D eigenvalue weighted by molar-refractivity contribution is -0.120. The highest BCUT2D eigenvalue weighted by molar-refractivity contribution is 7.22. The molecule has 2 aromatic rings. The van der Waals surface area contributed by atoms with Gasteiger partial charge in [-0.1, -0.05) is 17.4 Å². The van der Waals surface area contributed by atoms with Crippen LogP contribution in [0.1, 0.15) is 0 Å². The molecule has 0 radical (unpaired) electrons. The Morgan fingerprint density at radius 1 is 1.54 bits per heavy atom. The fourth-order valence-electron chi connectivity index (χ4n) is 1.09. The van der Waals surface area contributed by atoms with E-state index in [0.29, 0.717) is 17.4 Å². The number of hydrogen-bond donors (Lipinski definition) is 1. The average Bonchev–Trinajstić information content (AvgIpc) is 2.47. The topological polar surface area (TPSA) is 65.2 Å². The standard InChI is InChI=1S/C8H6N2O2S/c9-8-10-5-2-1-3-6(12-4-11)7(5)13-8/h1-4H,(H2,9,10). The van der Waals surface area contributed by atoms with Crippen LogP contribution >= 0.6 is 11.3 Å². The fourth-order valence-corrected chi connectivity index (χ4v) is 1.87. The molecule has 0 aliphatic carbocycles. The predicted octanol–water partition coefficient (Wildman–Crippen LogP) is 1.41. The van der Waals surface area contributed by atoms with Crippen molar-refractivity contribution in [2.45, 2.75) is 0 Å². The second-order valence-electron chi connectivity index (χ2n) is 2.37. The van der Waals surface area contributed by atoms with E-state index in [-0.39, 0.29) is 0 Å². The molecule has 66 valence electrons. The molecule has 0 aliphatic heterocycles. The van der Waals surface area contributed by atoms with Crippen LogP contribution in [0.3, 0.4) is 0 Å². The summed E-state index contributed by atoms with van der Waals surface area (Å²) < 4.78 is 5.56. The van der Waals surface area contributed by atoms with E-state index >= 15 is 0 Å². The summed E-state index contributed by atoms with van der Waals surface area (Å²) >= 11 is 1.30. The molecule has 0 unspecified atom stereocenters. The van der Waals surface area contributed by atoms with E-state index in [0.717, 1.165) is 10.2 Å². The van der Waals surface area contributed by atoms with Crippen LogP contribution < -0.4 is 10.5 Å². The molecule has 13 heavy (non-hydrogen) atoms. The normalized spacial score (nSPS) is 10.2. The molecule has 0 fully saturated rings. The molecule has 2 N–H and O–H groups in total. The van der Waals surface area contributed by atoms with Gasteiger partial charge in [0.05, 0.1) is 10.2 Å². The zero-order valence-electron chi connectivity index (χ0n) is 6.56. The number of hydrogen-bond acceptors (Lipinski definition) is 5. The second kappa shape index (κ2) is 3.02. The molecule has 1 aromatic carbocycles. The number of nitrogens with two attached hydrogens (primary N) is 1. The number of fused-ring (bicyclic) bond motifs is 1. The first kappa shape index (κ1) is 8.00. The molecule has 1 aromatic heterocycles. The van der Waals surface area contributed by atoms with E-state index in [9.17, 15) is 4.79 Å². The number of rotatable bonds is 2. The van der Waals surface area contributed by atoms with Crippen molar-refractivity contribution in [2.24, 2.45) is 0 Å². The minimum atomic E-state index is 0.394. The van der Waals surface area contributed by atoms with Crippen molar-refractivity contribution < 1.29 is 9.53 Å². The van der Waals surface area contributed by atoms with Gasteiger partial charge >= 0.3 is 0 Å². The maximum absolute atomic E-state index is 10.2. The number of carbonyl (C=O) groups excluding carboxylic acids is 1. The minimum absolute atomic E-state index is 0.394. The molecule has 0 atom stereocenters. The first-order valence-electron chi connectivity index (χ1n) is 3.56. The molecular formula is C8H6N2O2S. The van der Waals surface area contributed by atoms with E-state index in [1.165, 1.54) is 11.3 Å². The third-order valence-electron chi connectivity index (χ3n) is 1.57. The quantitative estimate of drug-likeness (QED) is 0.734. The molecule has 0 aliphatic rings. The van der Waals surface area contributed by atoms with Gasteiger partial charge in [-0.2, -0.15) is 0 Å². The van der Waals surface area contributed by atoms with Gasteiger partial charge in [0.25, 0.3) is 6.47 Å². The molecule has 0 amide bonds. The second-order valence-corrected chi connectivity index (χ2v) is 3.40. The zero-order chi connectivity index (χ0) is 9.26. The molecule has 0 spiro atoms. The van der Waals surface area contributed by atoms with Gasteiger partial charge in [0, 0.05) is 0 Å². The molecule has 0 bridgehead atoms. The third kappa shape index (κ3) is 1.33. The predicted molar refractivity (Wildman–Crippen MR) is 50.7 cm³/mol. The maximum atomic E-state index is 10.2. The highest BCUT2D eigenvalue weighted by atomic mass is 32.1. The van der Waals surface area contributed by atoms with Gasteiger partial charge in [-0.05, 0) is 12.1 Å². The number of nitrogens with zero attached hydrogens (tertiary/aromatic N) is 1. The van der Waals surface area contributed by atoms with Crippen molar-refractivity contribution in [1.82, 2.24) is 4.98 Å². The number of ether oxygens (including phenoxy) is 1. The molecule has 1 heterocycles. The van der Waals surface area contributed by atoms with Crippen molar-refractivity contribution in [3.05, 3.63) is 18.2 Å². The van der Waals surface area contributed by atoms with Gasteiger partial charge in [0.15, 0.2) is 5.13 Å². The van der Waals surface area contributed by atoms with Crippen molar-refractivity contribution in [3.63, 3.8) is 0 Å². The van der Waals surface area contributed by atoms with E-state index < -0.39 is 0 Å². The largest absolute Gasteiger partial charge is 0.427 e. The van der Waals surface area contributed by atoms with Gasteiger partial charge in [-0.15, -0.1) is 0 Å². The molecular weight excluding hydrogens is 188 g/mol. The molecule has 2 rings (SSSR count). The molecule has 0 saturated heterocycles. The number of aromatic nitrogens is 1. The van der Waals surface area contributed by atoms with Gasteiger partial charge < -0.3 is 10.5 Å². The van der Waals surface area contributed by atoms with Crippen molar-refractivity contribution >= 4 is 33.2 Å². The molecule has 4 nitrogen and oxygen atoms in total. The summed E-state index contributed by atoms with van der Waals surface area (Å²) in [5.74, 6) is 0.502. The van der Waals surface area contributed by atoms with Gasteiger partial charge in [-0.3, -0.25) is 4.79 Å². The first-order chi connectivity index (χ1) is 6.31. The first-order valence-corrected chi connectivity index (χ1v) is 4.38. The smallest absolute Gasteiger partial charge is 0.298 e. The summed E-state index contributed by atoms with van der Waals surface area (Å²) in [7, 11) is 0. The maximum Gasteiger partial charge on any atom is 0.298 e. The highest BCUT2D eigenvalue weighted by Gasteiger charge is 2.06. The van der Waals surface area contributed by atoms with Crippen molar-refractivity contribution in [3.8, 4) is 5.75 Å². The summed E-state index contributed by atoms with van der Waals surface area (Å²) in [6, 6.07) is 5.29. The minimum Gasteiger partial charge on any atom is -0.427 e. The Morgan fingerprint density at radius 3 is 3.15 bits per heavy atom. The van der Waals surface area contributed by atoms with Crippen molar-refractivity contribution in [1.29, 1.82) is 0 Å². The Bertz CT molecular complexity index is 452. The van der Waals surface area contributed by atoms with Crippen LogP contribution in [0.15, 0.2) is 18.2 Å². The van der Waals surface area contributed by atoms with E-state index in [1.807, 2.05) is 6.07 Å². The number of carbonyl (C=O) groups is 1. The number of anilines is 1. The monoisotopic (exact) mass is 194 g/mol. The van der Waals surface area contributed by atoms with Crippen LogP contribution in [0.25, 0.3) is 10.2 Å². The summed E-state index contributed by atoms with van der Waals surface area (Å²) in [4.78, 5) is 14.2. The fraction of sp³-hybridized carbons (Fsp3) is 0. The lowest BCUT2D eigenvalue weighted by atomic mass is 10.3. The van der Waals surface area contributed by atoms with Gasteiger partial charge in [-0.25, -0.2) is 4.98 Å². The van der Waals surface area contributed by atoms with E-state index in [2.05, 4.69) is 4.98 Å². The Hall–Kier alpha value is -1.62. The number of nitrogen functional groups attached to an aromatic ring is 1. The molecule has 0 saturated carbocycles. The SMILES string of the molecule is Nc1nc2cccc(OC=O)c2s1. The van der Waals surface area contributed by atoms with Crippen LogP contribution in [0.5, 0.6) is 5.75 Å². The van der Waals surface area contributed by atoms with Crippen LogP contribution in [0.4, 0.5) is 5.13 Å². The lowest BCUT2D eigenvalue weighted by Gasteiger charge is -1.96. The van der Waals surface area contributed by atoms with Crippen molar-refractivity contribution in [2.75, 3.05) is 5.73 Å². The number of benzene rings is 1. The number of thiazole rings is 1. The lowest BCUT2D eigenvalue weighted by Crippen LogP contribution is -1.87. The van der Waals surface area contributed by atoms with Crippen LogP contribution in [0, 0.1) is 0 Å². The third-order valence-corrected chi connectivity index (χ3v) is 2.49. The average molecular weight is 194 g/mol. The summed E-state index contributed by atoms with van der Waals surface area (Å²) in [6.45, 7) is 0.394. The van der Waals surface area contributed by atoms with Crippen LogP contribution in [-0.4, -0.2) is 11.5 Å². The Labute approximate surface area is 78.0 Å². The zero-order valence-corrected chi connectivity index (χ0v) is 7.38. The van der Waals surface area contributed by atoms with E-state index in [4.69, 9.17) is 10.5 Å². The molecule has 5 heteroatoms. The Morgan fingerprint density at radius 2 is 2.38 bits per heavy atom. The Kier molecular flexibility index (Phi) is 1.86. The summed E-state index contributed by atoms with van der Waals surface area (Å²) in [6.07, 6.45) is 0. The van der Waals surface area contributed by atoms with Gasteiger partial charge in [0.2, 0.25) is 0 Å². The Balaban J connectivity index is 2.67. The summed E-state index contributed by atoms with van der Waals surface area (Å²) in [5.41, 5.74) is 6.27. The summed E-state index contributed by atoms with van der Waals surface area (Å²) in [5, 5.41) is 0.469. The van der Waals surface area contributed by atoms with Gasteiger partial charge in [0.1, 0.15) is 5.75 Å².